The average molecular weight is 359 g/mol. The van der Waals surface area contributed by atoms with Gasteiger partial charge in [0.15, 0.2) is 5.69 Å². The fraction of sp³-hybridized carbons (Fsp3) is 0.333. The van der Waals surface area contributed by atoms with Gasteiger partial charge < -0.3 is 14.8 Å². The van der Waals surface area contributed by atoms with Crippen LogP contribution in [0.3, 0.4) is 0 Å². The maximum absolute atomic E-state index is 12.8. The van der Waals surface area contributed by atoms with E-state index in [4.69, 9.17) is 9.47 Å². The summed E-state index contributed by atoms with van der Waals surface area (Å²) in [5.41, 5.74) is -1.48. The van der Waals surface area contributed by atoms with Gasteiger partial charge in [0.05, 0.1) is 18.2 Å². The monoisotopic (exact) mass is 359 g/mol. The van der Waals surface area contributed by atoms with Crippen LogP contribution in [-0.2, 0) is 17.3 Å². The van der Waals surface area contributed by atoms with Crippen molar-refractivity contribution >= 4 is 11.9 Å². The van der Waals surface area contributed by atoms with Crippen molar-refractivity contribution in [2.45, 2.75) is 19.4 Å². The zero-order valence-electron chi connectivity index (χ0n) is 15.3. The Morgan fingerprint density at radius 2 is 1.77 bits per heavy atom. The van der Waals surface area contributed by atoms with Gasteiger partial charge in [-0.1, -0.05) is 18.2 Å². The van der Waals surface area contributed by atoms with Gasteiger partial charge in [-0.2, -0.15) is 0 Å². The lowest BCUT2D eigenvalue weighted by molar-refractivity contribution is 0.0583. The standard InChI is InChI=1S/C18H21N3O5/c1-18(2,19-3)17-20-12(16(24)25-5)13(14(22)21(17)4)26-15(23)11-9-7-6-8-10-11/h6-10,19H,1-5H3. The van der Waals surface area contributed by atoms with Gasteiger partial charge >= 0.3 is 11.9 Å². The van der Waals surface area contributed by atoms with Crippen molar-refractivity contribution in [1.29, 1.82) is 0 Å². The van der Waals surface area contributed by atoms with Gasteiger partial charge in [-0.15, -0.1) is 0 Å². The molecule has 0 radical (unpaired) electrons. The predicted molar refractivity (Wildman–Crippen MR) is 94.3 cm³/mol. The molecule has 0 saturated heterocycles. The Morgan fingerprint density at radius 1 is 1.15 bits per heavy atom. The van der Waals surface area contributed by atoms with Crippen molar-refractivity contribution in [1.82, 2.24) is 14.9 Å². The van der Waals surface area contributed by atoms with E-state index < -0.39 is 28.8 Å². The number of carbonyl (C=O) groups excluding carboxylic acids is 2. The summed E-state index contributed by atoms with van der Waals surface area (Å²) in [5, 5.41) is 3.01. The zero-order chi connectivity index (χ0) is 19.5. The molecule has 0 unspecified atom stereocenters. The smallest absolute Gasteiger partial charge is 0.360 e. The lowest BCUT2D eigenvalue weighted by Gasteiger charge is -2.26. The van der Waals surface area contributed by atoms with Crippen LogP contribution in [0.4, 0.5) is 0 Å². The summed E-state index contributed by atoms with van der Waals surface area (Å²) >= 11 is 0. The lowest BCUT2D eigenvalue weighted by Crippen LogP contribution is -2.41. The van der Waals surface area contributed by atoms with E-state index in [0.29, 0.717) is 5.82 Å². The molecule has 0 atom stereocenters. The SMILES string of the molecule is CNC(C)(C)c1nc(C(=O)OC)c(OC(=O)c2ccccc2)c(=O)n1C. The number of nitrogens with one attached hydrogen (secondary N) is 1. The van der Waals surface area contributed by atoms with E-state index in [0.717, 1.165) is 7.11 Å². The Morgan fingerprint density at radius 3 is 2.31 bits per heavy atom. The van der Waals surface area contributed by atoms with Crippen LogP contribution >= 0.6 is 0 Å². The molecule has 8 heteroatoms. The van der Waals surface area contributed by atoms with Crippen LogP contribution in [0.25, 0.3) is 0 Å². The summed E-state index contributed by atoms with van der Waals surface area (Å²) < 4.78 is 11.1. The van der Waals surface area contributed by atoms with Gasteiger partial charge in [0.1, 0.15) is 5.82 Å². The first-order valence-corrected chi connectivity index (χ1v) is 7.89. The first kappa shape index (κ1) is 19.3. The maximum atomic E-state index is 12.8. The summed E-state index contributed by atoms with van der Waals surface area (Å²) in [6.45, 7) is 3.59. The van der Waals surface area contributed by atoms with Gasteiger partial charge in [0.25, 0.3) is 5.56 Å². The van der Waals surface area contributed by atoms with Gasteiger partial charge in [-0.3, -0.25) is 9.36 Å². The summed E-state index contributed by atoms with van der Waals surface area (Å²) in [7, 11) is 4.35. The molecule has 0 amide bonds. The fourth-order valence-corrected chi connectivity index (χ4v) is 2.31. The van der Waals surface area contributed by atoms with Crippen LogP contribution in [0.15, 0.2) is 35.1 Å². The Bertz CT molecular complexity index is 888. The number of nitrogens with zero attached hydrogens (tertiary/aromatic N) is 2. The van der Waals surface area contributed by atoms with Crippen LogP contribution in [0.2, 0.25) is 0 Å². The molecule has 0 fully saturated rings. The predicted octanol–water partition coefficient (Wildman–Crippen LogP) is 1.24. The van der Waals surface area contributed by atoms with Crippen molar-refractivity contribution < 1.29 is 19.1 Å². The van der Waals surface area contributed by atoms with E-state index in [1.54, 1.807) is 39.1 Å². The van der Waals surface area contributed by atoms with E-state index in [2.05, 4.69) is 10.3 Å². The third-order valence-corrected chi connectivity index (χ3v) is 4.02. The van der Waals surface area contributed by atoms with E-state index in [-0.39, 0.29) is 11.3 Å². The lowest BCUT2D eigenvalue weighted by atomic mass is 10.0. The number of benzene rings is 1. The number of hydrogen-bond acceptors (Lipinski definition) is 7. The molecular weight excluding hydrogens is 338 g/mol. The number of carbonyl (C=O) groups is 2. The third kappa shape index (κ3) is 3.65. The molecule has 2 rings (SSSR count). The Kier molecular flexibility index (Phi) is 5.56. The topological polar surface area (TPSA) is 99.5 Å². The second-order valence-electron chi connectivity index (χ2n) is 6.10. The molecule has 0 aliphatic rings. The van der Waals surface area contributed by atoms with Gasteiger partial charge in [0, 0.05) is 7.05 Å². The summed E-state index contributed by atoms with van der Waals surface area (Å²) in [6, 6.07) is 8.14. The van der Waals surface area contributed by atoms with Gasteiger partial charge in [-0.05, 0) is 33.0 Å². The van der Waals surface area contributed by atoms with Crippen LogP contribution in [0.5, 0.6) is 5.75 Å². The first-order valence-electron chi connectivity index (χ1n) is 7.89. The number of hydrogen-bond donors (Lipinski definition) is 1. The van der Waals surface area contributed by atoms with Crippen LogP contribution in [0, 0.1) is 0 Å². The summed E-state index contributed by atoms with van der Waals surface area (Å²) in [5.74, 6) is -1.81. The Hall–Kier alpha value is -3.00. The molecule has 1 aromatic carbocycles. The molecule has 0 saturated carbocycles. The summed E-state index contributed by atoms with van der Waals surface area (Å²) in [6.07, 6.45) is 0. The minimum absolute atomic E-state index is 0.241. The highest BCUT2D eigenvalue weighted by molar-refractivity contribution is 5.94. The number of methoxy groups -OCH3 is 1. The number of esters is 2. The van der Waals surface area contributed by atoms with Crippen LogP contribution in [-0.4, -0.2) is 35.6 Å². The molecular formula is C18H21N3O5. The van der Waals surface area contributed by atoms with Gasteiger partial charge in [-0.25, -0.2) is 14.6 Å². The summed E-state index contributed by atoms with van der Waals surface area (Å²) in [4.78, 5) is 41.5. The fourth-order valence-electron chi connectivity index (χ4n) is 2.31. The highest BCUT2D eigenvalue weighted by atomic mass is 16.5. The van der Waals surface area contributed by atoms with Crippen LogP contribution in [0.1, 0.15) is 40.5 Å². The largest absolute Gasteiger partial charge is 0.464 e. The third-order valence-electron chi connectivity index (χ3n) is 4.02. The van der Waals surface area contributed by atoms with E-state index >= 15 is 0 Å². The molecule has 0 spiro atoms. The first-order chi connectivity index (χ1) is 12.2. The Balaban J connectivity index is 2.62. The number of ether oxygens (including phenoxy) is 2. The molecule has 1 aromatic heterocycles. The number of aromatic nitrogens is 2. The van der Waals surface area contributed by atoms with Crippen molar-refractivity contribution in [3.8, 4) is 5.75 Å². The maximum Gasteiger partial charge on any atom is 0.360 e. The highest BCUT2D eigenvalue weighted by Crippen LogP contribution is 2.21. The molecule has 138 valence electrons. The minimum atomic E-state index is -0.869. The molecule has 26 heavy (non-hydrogen) atoms. The van der Waals surface area contributed by atoms with Crippen molar-refractivity contribution in [2.24, 2.45) is 7.05 Å². The van der Waals surface area contributed by atoms with Gasteiger partial charge in [0.2, 0.25) is 5.75 Å². The number of rotatable bonds is 5. The minimum Gasteiger partial charge on any atom is -0.464 e. The molecule has 0 bridgehead atoms. The Labute approximate surface area is 150 Å². The quantitative estimate of drug-likeness (QED) is 0.802. The van der Waals surface area contributed by atoms with Crippen molar-refractivity contribution in [3.05, 3.63) is 57.8 Å². The van der Waals surface area contributed by atoms with E-state index in [1.165, 1.54) is 23.7 Å². The van der Waals surface area contributed by atoms with Crippen LogP contribution < -0.4 is 15.6 Å². The van der Waals surface area contributed by atoms with Crippen molar-refractivity contribution in [3.63, 3.8) is 0 Å². The van der Waals surface area contributed by atoms with E-state index in [9.17, 15) is 14.4 Å². The molecule has 1 N–H and O–H groups in total. The zero-order valence-corrected chi connectivity index (χ0v) is 15.3. The molecule has 0 aliphatic carbocycles. The molecule has 0 aliphatic heterocycles. The highest BCUT2D eigenvalue weighted by Gasteiger charge is 2.30. The van der Waals surface area contributed by atoms with E-state index in [1.807, 2.05) is 0 Å². The molecule has 2 aromatic rings. The molecule has 8 nitrogen and oxygen atoms in total. The second-order valence-corrected chi connectivity index (χ2v) is 6.10. The normalized spacial score (nSPS) is 11.1. The molecule has 1 heterocycles. The second kappa shape index (κ2) is 7.49. The average Bonchev–Trinajstić information content (AvgIpc) is 2.65. The van der Waals surface area contributed by atoms with Crippen molar-refractivity contribution in [2.75, 3.05) is 14.2 Å².